The molecule has 3 rings (SSSR count). The van der Waals surface area contributed by atoms with Gasteiger partial charge in [0.25, 0.3) is 5.91 Å². The highest BCUT2D eigenvalue weighted by Crippen LogP contribution is 2.23. The summed E-state index contributed by atoms with van der Waals surface area (Å²) in [4.78, 5) is 31.6. The minimum Gasteiger partial charge on any atom is -0.322 e. The maximum absolute atomic E-state index is 12.3. The highest BCUT2D eigenvalue weighted by atomic mass is 79.9. The van der Waals surface area contributed by atoms with Crippen molar-refractivity contribution in [3.8, 4) is 0 Å². The first-order chi connectivity index (χ1) is 13.0. The molecule has 2 aliphatic heterocycles. The lowest BCUT2D eigenvalue weighted by atomic mass is 10.1. The Labute approximate surface area is 165 Å². The van der Waals surface area contributed by atoms with Crippen LogP contribution in [0.3, 0.4) is 0 Å². The zero-order valence-electron chi connectivity index (χ0n) is 14.7. The number of hydrogen-bond acceptors (Lipinski definition) is 6. The summed E-state index contributed by atoms with van der Waals surface area (Å²) in [6.07, 6.45) is 4.58. The van der Waals surface area contributed by atoms with Gasteiger partial charge in [-0.2, -0.15) is 5.10 Å². The van der Waals surface area contributed by atoms with Gasteiger partial charge in [0.05, 0.1) is 6.21 Å². The van der Waals surface area contributed by atoms with E-state index in [1.807, 2.05) is 36.4 Å². The van der Waals surface area contributed by atoms with Gasteiger partial charge in [0, 0.05) is 18.1 Å². The van der Waals surface area contributed by atoms with Gasteiger partial charge in [0.2, 0.25) is 5.96 Å². The summed E-state index contributed by atoms with van der Waals surface area (Å²) in [6.45, 7) is 4.11. The lowest BCUT2D eigenvalue weighted by Crippen LogP contribution is -2.64. The average molecular weight is 431 g/mol. The fourth-order valence-electron chi connectivity index (χ4n) is 2.86. The Balaban J connectivity index is 1.74. The number of allylic oxidation sites excluding steroid dienone is 1. The molecule has 1 aromatic rings. The maximum Gasteiger partial charge on any atom is 0.325 e. The van der Waals surface area contributed by atoms with E-state index in [-0.39, 0.29) is 5.91 Å². The molecule has 0 aliphatic carbocycles. The van der Waals surface area contributed by atoms with Gasteiger partial charge < -0.3 is 9.80 Å². The van der Waals surface area contributed by atoms with Gasteiger partial charge in [-0.05, 0) is 27.6 Å². The highest BCUT2D eigenvalue weighted by Gasteiger charge is 2.48. The Hall–Kier alpha value is -2.94. The topological polar surface area (TPSA) is 89.4 Å². The SMILES string of the molecule is C=CCN1C(N/N=C/C(Br)=C/c2ccccc2)=NC2C1C(=O)NC(=O)N2C. The number of hydrazone groups is 1. The number of urea groups is 1. The van der Waals surface area contributed by atoms with Crippen LogP contribution in [-0.2, 0) is 4.79 Å². The van der Waals surface area contributed by atoms with Gasteiger partial charge in [-0.15, -0.1) is 6.58 Å². The quantitative estimate of drug-likeness (QED) is 0.422. The Bertz CT molecular complexity index is 836. The second-order valence-corrected chi connectivity index (χ2v) is 6.88. The van der Waals surface area contributed by atoms with Gasteiger partial charge in [-0.25, -0.2) is 15.2 Å². The number of nitrogens with one attached hydrogen (secondary N) is 2. The van der Waals surface area contributed by atoms with E-state index >= 15 is 0 Å². The number of imide groups is 1. The van der Waals surface area contributed by atoms with Gasteiger partial charge in [0.15, 0.2) is 12.2 Å². The number of fused-ring (bicyclic) bond motifs is 1. The molecular formula is C18H19BrN6O2. The minimum atomic E-state index is -0.619. The fraction of sp³-hybridized carbons (Fsp3) is 0.222. The number of hydrogen-bond donors (Lipinski definition) is 2. The fourth-order valence-corrected chi connectivity index (χ4v) is 3.22. The van der Waals surface area contributed by atoms with Crippen LogP contribution in [0, 0.1) is 0 Å². The predicted octanol–water partition coefficient (Wildman–Crippen LogP) is 1.73. The lowest BCUT2D eigenvalue weighted by Gasteiger charge is -2.35. The van der Waals surface area contributed by atoms with Gasteiger partial charge in [0.1, 0.15) is 0 Å². The summed E-state index contributed by atoms with van der Waals surface area (Å²) in [5.41, 5.74) is 3.89. The van der Waals surface area contributed by atoms with Crippen molar-refractivity contribution in [2.24, 2.45) is 10.1 Å². The first kappa shape index (κ1) is 18.8. The number of nitrogens with zero attached hydrogens (tertiary/aromatic N) is 4. The van der Waals surface area contributed by atoms with Crippen LogP contribution in [0.15, 0.2) is 57.6 Å². The van der Waals surface area contributed by atoms with Crippen molar-refractivity contribution < 1.29 is 9.59 Å². The summed E-state index contributed by atoms with van der Waals surface area (Å²) in [6, 6.07) is 8.72. The zero-order valence-corrected chi connectivity index (χ0v) is 16.3. The van der Waals surface area contributed by atoms with E-state index in [9.17, 15) is 9.59 Å². The largest absolute Gasteiger partial charge is 0.325 e. The molecule has 2 aliphatic rings. The standard InChI is InChI=1S/C18H19BrN6O2/c1-3-9-25-14-15(24(2)18(27)22-16(14)26)21-17(25)23-20-11-13(19)10-12-7-5-4-6-8-12/h3-8,10-11,14-15H,1,9H2,2H3,(H,21,23)(H,22,26,27)/b13-10-,20-11+. The first-order valence-electron chi connectivity index (χ1n) is 8.25. The maximum atomic E-state index is 12.3. The van der Waals surface area contributed by atoms with E-state index in [0.29, 0.717) is 12.5 Å². The van der Waals surface area contributed by atoms with Crippen LogP contribution in [0.1, 0.15) is 5.56 Å². The van der Waals surface area contributed by atoms with E-state index in [4.69, 9.17) is 0 Å². The second-order valence-electron chi connectivity index (χ2n) is 5.97. The molecule has 1 fully saturated rings. The molecule has 0 saturated carbocycles. The molecule has 9 heteroatoms. The number of likely N-dealkylation sites (N-methyl/N-ethyl adjacent to an activating group) is 1. The van der Waals surface area contributed by atoms with Gasteiger partial charge in [-0.1, -0.05) is 36.4 Å². The molecule has 0 radical (unpaired) electrons. The van der Waals surface area contributed by atoms with E-state index < -0.39 is 18.2 Å². The number of carbonyl (C=O) groups is 2. The van der Waals surface area contributed by atoms with Crippen molar-refractivity contribution in [2.75, 3.05) is 13.6 Å². The Morgan fingerprint density at radius 2 is 2.15 bits per heavy atom. The lowest BCUT2D eigenvalue weighted by molar-refractivity contribution is -0.126. The molecule has 0 spiro atoms. The summed E-state index contributed by atoms with van der Waals surface area (Å²) >= 11 is 3.44. The number of aliphatic imine (C=N–C) groups is 1. The van der Waals surface area contributed by atoms with Crippen LogP contribution >= 0.6 is 15.9 Å². The molecule has 2 unspecified atom stereocenters. The molecule has 1 aromatic carbocycles. The molecular weight excluding hydrogens is 412 g/mol. The molecule has 27 heavy (non-hydrogen) atoms. The van der Waals surface area contributed by atoms with Crippen LogP contribution in [0.5, 0.6) is 0 Å². The third-order valence-electron chi connectivity index (χ3n) is 4.14. The van der Waals surface area contributed by atoms with Gasteiger partial charge >= 0.3 is 6.03 Å². The normalized spacial score (nSPS) is 22.6. The first-order valence-corrected chi connectivity index (χ1v) is 9.05. The molecule has 2 atom stereocenters. The van der Waals surface area contributed by atoms with E-state index in [1.165, 1.54) is 4.90 Å². The summed E-state index contributed by atoms with van der Waals surface area (Å²) in [5, 5.41) is 6.50. The number of amides is 3. The number of carbonyl (C=O) groups excluding carboxylic acids is 2. The van der Waals surface area contributed by atoms with E-state index in [1.54, 1.807) is 24.2 Å². The summed E-state index contributed by atoms with van der Waals surface area (Å²) < 4.78 is 0.762. The van der Waals surface area contributed by atoms with Crippen molar-refractivity contribution in [3.05, 3.63) is 53.0 Å². The molecule has 8 nitrogen and oxygen atoms in total. The smallest absolute Gasteiger partial charge is 0.322 e. The number of halogens is 1. The van der Waals surface area contributed by atoms with Crippen LogP contribution in [0.25, 0.3) is 6.08 Å². The Morgan fingerprint density at radius 1 is 1.41 bits per heavy atom. The zero-order chi connectivity index (χ0) is 19.4. The Kier molecular flexibility index (Phi) is 5.70. The van der Waals surface area contributed by atoms with Crippen molar-refractivity contribution in [2.45, 2.75) is 12.2 Å². The number of rotatable bonds is 5. The second kappa shape index (κ2) is 8.17. The van der Waals surface area contributed by atoms with E-state index in [0.717, 1.165) is 10.0 Å². The third-order valence-corrected chi connectivity index (χ3v) is 4.58. The highest BCUT2D eigenvalue weighted by molar-refractivity contribution is 9.12. The monoisotopic (exact) mass is 430 g/mol. The summed E-state index contributed by atoms with van der Waals surface area (Å²) in [5.74, 6) is 0.0116. The number of guanidine groups is 1. The molecule has 2 heterocycles. The molecule has 3 amide bonds. The molecule has 140 valence electrons. The van der Waals surface area contributed by atoms with Crippen LogP contribution in [0.2, 0.25) is 0 Å². The van der Waals surface area contributed by atoms with Crippen LogP contribution < -0.4 is 10.7 Å². The van der Waals surface area contributed by atoms with Crippen LogP contribution in [-0.4, -0.2) is 59.7 Å². The van der Waals surface area contributed by atoms with Crippen molar-refractivity contribution >= 4 is 46.1 Å². The molecule has 0 aromatic heterocycles. The molecule has 0 bridgehead atoms. The Morgan fingerprint density at radius 3 is 2.85 bits per heavy atom. The third kappa shape index (κ3) is 4.08. The van der Waals surface area contributed by atoms with Crippen molar-refractivity contribution in [1.82, 2.24) is 20.5 Å². The number of benzene rings is 1. The van der Waals surface area contributed by atoms with Crippen LogP contribution in [0.4, 0.5) is 4.79 Å². The summed E-state index contributed by atoms with van der Waals surface area (Å²) in [7, 11) is 1.60. The van der Waals surface area contributed by atoms with Crippen molar-refractivity contribution in [3.63, 3.8) is 0 Å². The van der Waals surface area contributed by atoms with Crippen molar-refractivity contribution in [1.29, 1.82) is 0 Å². The predicted molar refractivity (Wildman–Crippen MR) is 108 cm³/mol. The molecule has 2 N–H and O–H groups in total. The minimum absolute atomic E-state index is 0.388. The average Bonchev–Trinajstić information content (AvgIpc) is 3.00. The van der Waals surface area contributed by atoms with E-state index in [2.05, 4.69) is 43.3 Å². The van der Waals surface area contributed by atoms with Gasteiger partial charge in [-0.3, -0.25) is 10.1 Å². The molecule has 1 saturated heterocycles.